The van der Waals surface area contributed by atoms with Crippen LogP contribution in [0.3, 0.4) is 0 Å². The lowest BCUT2D eigenvalue weighted by Crippen LogP contribution is -2.13. The highest BCUT2D eigenvalue weighted by molar-refractivity contribution is 7.99. The molecular formula is C17H12N6O3S2. The van der Waals surface area contributed by atoms with Crippen LogP contribution in [-0.4, -0.2) is 36.7 Å². The zero-order chi connectivity index (χ0) is 19.5. The number of aromatic amines is 1. The van der Waals surface area contributed by atoms with Gasteiger partial charge in [0, 0.05) is 17.7 Å². The molecule has 4 aromatic rings. The van der Waals surface area contributed by atoms with Crippen molar-refractivity contribution in [3.63, 3.8) is 0 Å². The molecule has 11 heteroatoms. The quantitative estimate of drug-likeness (QED) is 0.281. The summed E-state index contributed by atoms with van der Waals surface area (Å²) in [5.74, 6) is 0.489. The van der Waals surface area contributed by atoms with Crippen molar-refractivity contribution in [2.24, 2.45) is 0 Å². The van der Waals surface area contributed by atoms with E-state index in [2.05, 4.69) is 25.5 Å². The number of nitro benzene ring substituents is 1. The third-order valence-electron chi connectivity index (χ3n) is 3.67. The molecule has 0 spiro atoms. The van der Waals surface area contributed by atoms with Crippen molar-refractivity contribution in [2.75, 3.05) is 11.1 Å². The van der Waals surface area contributed by atoms with Crippen molar-refractivity contribution in [3.05, 3.63) is 58.6 Å². The number of nitrogens with one attached hydrogen (secondary N) is 2. The first-order chi connectivity index (χ1) is 13.6. The number of nitrogens with zero attached hydrogens (tertiary/aromatic N) is 4. The summed E-state index contributed by atoms with van der Waals surface area (Å²) in [6, 6.07) is 14.0. The first kappa shape index (κ1) is 18.1. The van der Waals surface area contributed by atoms with E-state index in [1.165, 1.54) is 35.2 Å². The first-order valence-corrected chi connectivity index (χ1v) is 9.84. The minimum absolute atomic E-state index is 0.0107. The topological polar surface area (TPSA) is 127 Å². The number of benzene rings is 2. The molecule has 28 heavy (non-hydrogen) atoms. The second-order valence-electron chi connectivity index (χ2n) is 5.60. The second-order valence-corrected chi connectivity index (χ2v) is 7.57. The molecule has 1 amide bonds. The van der Waals surface area contributed by atoms with Gasteiger partial charge >= 0.3 is 0 Å². The number of rotatable bonds is 6. The van der Waals surface area contributed by atoms with Crippen molar-refractivity contribution < 1.29 is 9.72 Å². The Kier molecular flexibility index (Phi) is 5.00. The molecule has 4 rings (SSSR count). The molecule has 2 heterocycles. The summed E-state index contributed by atoms with van der Waals surface area (Å²) in [5, 5.41) is 21.4. The minimum atomic E-state index is -0.464. The van der Waals surface area contributed by atoms with E-state index in [-0.39, 0.29) is 17.3 Å². The summed E-state index contributed by atoms with van der Waals surface area (Å²) in [6.07, 6.45) is 0. The molecule has 2 aromatic heterocycles. The normalized spacial score (nSPS) is 10.9. The number of non-ortho nitro benzene ring substituents is 1. The highest BCUT2D eigenvalue weighted by atomic mass is 32.2. The highest BCUT2D eigenvalue weighted by Gasteiger charge is 2.13. The van der Waals surface area contributed by atoms with Crippen LogP contribution in [0.4, 0.5) is 10.8 Å². The Morgan fingerprint density at radius 1 is 1.21 bits per heavy atom. The summed E-state index contributed by atoms with van der Waals surface area (Å²) in [4.78, 5) is 31.2. The van der Waals surface area contributed by atoms with E-state index in [1.807, 2.05) is 30.3 Å². The van der Waals surface area contributed by atoms with Crippen molar-refractivity contribution in [1.29, 1.82) is 0 Å². The van der Waals surface area contributed by atoms with Gasteiger partial charge < -0.3 is 5.32 Å². The number of nitro groups is 1. The van der Waals surface area contributed by atoms with Gasteiger partial charge in [-0.1, -0.05) is 53.4 Å². The largest absolute Gasteiger partial charge is 0.301 e. The predicted molar refractivity (Wildman–Crippen MR) is 107 cm³/mol. The fourth-order valence-electron chi connectivity index (χ4n) is 2.40. The maximum absolute atomic E-state index is 12.2. The summed E-state index contributed by atoms with van der Waals surface area (Å²) in [7, 11) is 0. The Morgan fingerprint density at radius 3 is 2.82 bits per heavy atom. The summed E-state index contributed by atoms with van der Waals surface area (Å²) in [5.41, 5.74) is 1.50. The van der Waals surface area contributed by atoms with Gasteiger partial charge in [-0.2, -0.15) is 0 Å². The highest BCUT2D eigenvalue weighted by Crippen LogP contribution is 2.29. The average molecular weight is 412 g/mol. The van der Waals surface area contributed by atoms with Crippen LogP contribution in [0.1, 0.15) is 0 Å². The summed E-state index contributed by atoms with van der Waals surface area (Å²) >= 11 is 2.38. The van der Waals surface area contributed by atoms with E-state index in [4.69, 9.17) is 0 Å². The fraction of sp³-hybridized carbons (Fsp3) is 0.0588. The predicted octanol–water partition coefficient (Wildman–Crippen LogP) is 3.72. The summed E-state index contributed by atoms with van der Waals surface area (Å²) in [6.45, 7) is 0. The van der Waals surface area contributed by atoms with Crippen LogP contribution in [0.25, 0.3) is 21.6 Å². The van der Waals surface area contributed by atoms with Gasteiger partial charge in [-0.3, -0.25) is 20.0 Å². The maximum Gasteiger partial charge on any atom is 0.270 e. The average Bonchev–Trinajstić information content (AvgIpc) is 3.33. The molecule has 2 aromatic carbocycles. The van der Waals surface area contributed by atoms with Crippen LogP contribution in [0.5, 0.6) is 0 Å². The lowest BCUT2D eigenvalue weighted by Gasteiger charge is -1.98. The summed E-state index contributed by atoms with van der Waals surface area (Å²) < 4.78 is 0.638. The molecule has 0 saturated carbocycles. The Morgan fingerprint density at radius 2 is 2.04 bits per heavy atom. The number of carbonyl (C=O) groups excluding carboxylic acids is 1. The number of hydrogen-bond acceptors (Lipinski definition) is 8. The number of fused-ring (bicyclic) bond motifs is 1. The number of hydrogen-bond donors (Lipinski definition) is 2. The van der Waals surface area contributed by atoms with Gasteiger partial charge in [0.05, 0.1) is 20.9 Å². The van der Waals surface area contributed by atoms with Crippen molar-refractivity contribution in [1.82, 2.24) is 20.2 Å². The number of carbonyl (C=O) groups is 1. The molecule has 9 nitrogen and oxygen atoms in total. The van der Waals surface area contributed by atoms with Gasteiger partial charge in [0.25, 0.3) is 5.69 Å². The number of anilines is 1. The molecule has 0 atom stereocenters. The van der Waals surface area contributed by atoms with Crippen LogP contribution >= 0.6 is 23.1 Å². The molecule has 2 N–H and O–H groups in total. The minimum Gasteiger partial charge on any atom is -0.301 e. The number of H-pyrrole nitrogens is 1. The Labute approximate surface area is 166 Å². The van der Waals surface area contributed by atoms with Gasteiger partial charge in [-0.25, -0.2) is 9.97 Å². The maximum atomic E-state index is 12.2. The van der Waals surface area contributed by atoms with Crippen LogP contribution in [0, 0.1) is 10.1 Å². The molecule has 0 saturated heterocycles. The van der Waals surface area contributed by atoms with Crippen molar-refractivity contribution in [2.45, 2.75) is 5.16 Å². The number of amides is 1. The Balaban J connectivity index is 1.38. The monoisotopic (exact) mass is 412 g/mol. The van der Waals surface area contributed by atoms with Crippen molar-refractivity contribution in [3.8, 4) is 11.4 Å². The number of aromatic nitrogens is 4. The Bertz CT molecular complexity index is 1160. The van der Waals surface area contributed by atoms with Gasteiger partial charge in [0.2, 0.25) is 11.1 Å². The van der Waals surface area contributed by atoms with Crippen LogP contribution in [0.2, 0.25) is 0 Å². The zero-order valence-electron chi connectivity index (χ0n) is 14.2. The van der Waals surface area contributed by atoms with Crippen LogP contribution in [0.15, 0.2) is 53.7 Å². The standard InChI is InChI=1S/C17H12N6O3S2/c24-14(9-27-17-20-15(21-22-17)10-4-2-1-3-5-10)19-16-18-12-7-6-11(23(25)26)8-13(12)28-16/h1-8H,9H2,(H,18,19,24)(H,20,21,22). The van der Waals surface area contributed by atoms with E-state index < -0.39 is 4.92 Å². The second kappa shape index (κ2) is 7.74. The van der Waals surface area contributed by atoms with Crippen LogP contribution in [-0.2, 0) is 4.79 Å². The van der Waals surface area contributed by atoms with Gasteiger partial charge in [0.1, 0.15) is 0 Å². The lowest BCUT2D eigenvalue weighted by molar-refractivity contribution is -0.384. The Hall–Kier alpha value is -3.31. The molecule has 140 valence electrons. The molecule has 0 bridgehead atoms. The number of thiazole rings is 1. The molecular weight excluding hydrogens is 400 g/mol. The molecule has 0 unspecified atom stereocenters. The van der Waals surface area contributed by atoms with E-state index in [1.54, 1.807) is 6.07 Å². The SMILES string of the molecule is O=C(CSc1n[nH]c(-c2ccccc2)n1)Nc1nc2ccc([N+](=O)[O-])cc2s1. The smallest absolute Gasteiger partial charge is 0.270 e. The third-order valence-corrected chi connectivity index (χ3v) is 5.45. The third kappa shape index (κ3) is 4.00. The fourth-order valence-corrected chi connectivity index (χ4v) is 3.92. The molecule has 0 aliphatic heterocycles. The van der Waals surface area contributed by atoms with E-state index in [0.717, 1.165) is 5.56 Å². The van der Waals surface area contributed by atoms with Gasteiger partial charge in [-0.05, 0) is 6.07 Å². The van der Waals surface area contributed by atoms with Crippen molar-refractivity contribution >= 4 is 50.0 Å². The molecule has 0 radical (unpaired) electrons. The molecule has 0 aliphatic carbocycles. The zero-order valence-corrected chi connectivity index (χ0v) is 15.8. The van der Waals surface area contributed by atoms with Gasteiger partial charge in [0.15, 0.2) is 11.0 Å². The number of thioether (sulfide) groups is 1. The first-order valence-electron chi connectivity index (χ1n) is 8.04. The van der Waals surface area contributed by atoms with E-state index >= 15 is 0 Å². The molecule has 0 aliphatic rings. The van der Waals surface area contributed by atoms with Crippen LogP contribution < -0.4 is 5.32 Å². The molecule has 0 fully saturated rings. The van der Waals surface area contributed by atoms with E-state index in [9.17, 15) is 14.9 Å². The van der Waals surface area contributed by atoms with Gasteiger partial charge in [-0.15, -0.1) is 5.10 Å². The van der Waals surface area contributed by atoms with E-state index in [0.29, 0.717) is 26.3 Å². The lowest BCUT2D eigenvalue weighted by atomic mass is 10.2.